The second-order valence-electron chi connectivity index (χ2n) is 5.36. The van der Waals surface area contributed by atoms with Crippen molar-refractivity contribution in [3.8, 4) is 0 Å². The van der Waals surface area contributed by atoms with Gasteiger partial charge in [-0.1, -0.05) is 13.3 Å². The van der Waals surface area contributed by atoms with Crippen LogP contribution < -0.4 is 11.1 Å². The topological polar surface area (TPSA) is 67.6 Å². The van der Waals surface area contributed by atoms with Crippen LogP contribution in [0.15, 0.2) is 0 Å². The number of nitrogens with one attached hydrogen (secondary N) is 1. The zero-order chi connectivity index (χ0) is 13.0. The molecule has 0 aromatic rings. The van der Waals surface area contributed by atoms with Crippen LogP contribution >= 0.6 is 0 Å². The van der Waals surface area contributed by atoms with Crippen LogP contribution in [0.3, 0.4) is 0 Å². The number of hydrogen-bond acceptors (Lipinski definition) is 4. The third-order valence-electron chi connectivity index (χ3n) is 3.67. The molecular formula is C13H25N3O2. The quantitative estimate of drug-likeness (QED) is 0.706. The normalized spacial score (nSPS) is 26.9. The predicted molar refractivity (Wildman–Crippen MR) is 70.2 cm³/mol. The molecule has 1 aliphatic heterocycles. The Hall–Kier alpha value is -0.650. The number of rotatable bonds is 6. The SMILES string of the molecule is CCCC(N)C(=O)NCC1CN(C2CC2)CCO1. The number of carbonyl (C=O) groups is 1. The number of nitrogens with two attached hydrogens (primary N) is 1. The first-order chi connectivity index (χ1) is 8.70. The molecule has 0 radical (unpaired) electrons. The van der Waals surface area contributed by atoms with Crippen molar-refractivity contribution in [2.75, 3.05) is 26.2 Å². The minimum absolute atomic E-state index is 0.0519. The molecule has 2 unspecified atom stereocenters. The monoisotopic (exact) mass is 255 g/mol. The Morgan fingerprint density at radius 3 is 3.00 bits per heavy atom. The highest BCUT2D eigenvalue weighted by molar-refractivity contribution is 5.81. The average Bonchev–Trinajstić information content (AvgIpc) is 3.21. The van der Waals surface area contributed by atoms with Crippen LogP contribution in [-0.2, 0) is 9.53 Å². The highest BCUT2D eigenvalue weighted by atomic mass is 16.5. The van der Waals surface area contributed by atoms with Crippen LogP contribution in [-0.4, -0.2) is 55.2 Å². The van der Waals surface area contributed by atoms with Gasteiger partial charge in [0.1, 0.15) is 0 Å². The molecule has 18 heavy (non-hydrogen) atoms. The molecule has 1 saturated heterocycles. The summed E-state index contributed by atoms with van der Waals surface area (Å²) in [4.78, 5) is 14.2. The lowest BCUT2D eigenvalue weighted by Crippen LogP contribution is -2.50. The Kier molecular flexibility index (Phi) is 4.97. The van der Waals surface area contributed by atoms with E-state index in [4.69, 9.17) is 10.5 Å². The third-order valence-corrected chi connectivity index (χ3v) is 3.67. The Labute approximate surface area is 109 Å². The van der Waals surface area contributed by atoms with Crippen molar-refractivity contribution >= 4 is 5.91 Å². The van der Waals surface area contributed by atoms with E-state index in [-0.39, 0.29) is 18.1 Å². The van der Waals surface area contributed by atoms with Crippen molar-refractivity contribution in [2.45, 2.75) is 50.8 Å². The fourth-order valence-corrected chi connectivity index (χ4v) is 2.42. The summed E-state index contributed by atoms with van der Waals surface area (Å²) in [5, 5.41) is 2.90. The van der Waals surface area contributed by atoms with E-state index in [1.807, 2.05) is 6.92 Å². The van der Waals surface area contributed by atoms with Crippen LogP contribution in [0.2, 0.25) is 0 Å². The van der Waals surface area contributed by atoms with Gasteiger partial charge in [0.05, 0.1) is 18.8 Å². The fraction of sp³-hybridized carbons (Fsp3) is 0.923. The summed E-state index contributed by atoms with van der Waals surface area (Å²) in [6, 6.07) is 0.396. The summed E-state index contributed by atoms with van der Waals surface area (Å²) in [5.74, 6) is -0.0519. The van der Waals surface area contributed by atoms with E-state index in [0.717, 1.165) is 38.6 Å². The number of carbonyl (C=O) groups excluding carboxylic acids is 1. The Morgan fingerprint density at radius 1 is 1.56 bits per heavy atom. The van der Waals surface area contributed by atoms with Crippen molar-refractivity contribution < 1.29 is 9.53 Å². The van der Waals surface area contributed by atoms with Gasteiger partial charge in [-0.15, -0.1) is 0 Å². The van der Waals surface area contributed by atoms with Crippen LogP contribution in [0.1, 0.15) is 32.6 Å². The Morgan fingerprint density at radius 2 is 2.33 bits per heavy atom. The number of nitrogens with zero attached hydrogens (tertiary/aromatic N) is 1. The third kappa shape index (κ3) is 3.93. The molecule has 1 aliphatic carbocycles. The molecule has 5 nitrogen and oxygen atoms in total. The molecule has 0 aromatic carbocycles. The van der Waals surface area contributed by atoms with Gasteiger partial charge in [-0.25, -0.2) is 0 Å². The lowest BCUT2D eigenvalue weighted by molar-refractivity contribution is -0.123. The molecule has 0 bridgehead atoms. The van der Waals surface area contributed by atoms with E-state index in [9.17, 15) is 4.79 Å². The maximum absolute atomic E-state index is 11.7. The minimum atomic E-state index is -0.377. The zero-order valence-electron chi connectivity index (χ0n) is 11.2. The minimum Gasteiger partial charge on any atom is -0.374 e. The molecule has 2 aliphatic rings. The van der Waals surface area contributed by atoms with Gasteiger partial charge in [-0.05, 0) is 19.3 Å². The summed E-state index contributed by atoms with van der Waals surface area (Å²) < 4.78 is 5.68. The van der Waals surface area contributed by atoms with Crippen LogP contribution in [0.4, 0.5) is 0 Å². The molecule has 3 N–H and O–H groups in total. The molecular weight excluding hydrogens is 230 g/mol. The molecule has 1 saturated carbocycles. The van der Waals surface area contributed by atoms with Crippen LogP contribution in [0.5, 0.6) is 0 Å². The standard InChI is InChI=1S/C13H25N3O2/c1-2-3-12(14)13(17)15-8-11-9-16(6-7-18-11)10-4-5-10/h10-12H,2-9,14H2,1H3,(H,15,17). The van der Waals surface area contributed by atoms with Crippen LogP contribution in [0, 0.1) is 0 Å². The molecule has 5 heteroatoms. The lowest BCUT2D eigenvalue weighted by Gasteiger charge is -2.33. The van der Waals surface area contributed by atoms with Gasteiger partial charge >= 0.3 is 0 Å². The first-order valence-corrected chi connectivity index (χ1v) is 7.09. The predicted octanol–water partition coefficient (Wildman–Crippen LogP) is 0.0932. The molecule has 104 valence electrons. The van der Waals surface area contributed by atoms with E-state index in [1.54, 1.807) is 0 Å². The summed E-state index contributed by atoms with van der Waals surface area (Å²) in [5.41, 5.74) is 5.77. The van der Waals surface area contributed by atoms with Crippen molar-refractivity contribution in [1.29, 1.82) is 0 Å². The summed E-state index contributed by atoms with van der Waals surface area (Å²) in [7, 11) is 0. The van der Waals surface area contributed by atoms with Crippen molar-refractivity contribution in [2.24, 2.45) is 5.73 Å². The largest absolute Gasteiger partial charge is 0.374 e. The number of hydrogen-bond donors (Lipinski definition) is 2. The second-order valence-corrected chi connectivity index (χ2v) is 5.36. The molecule has 2 atom stereocenters. The smallest absolute Gasteiger partial charge is 0.237 e. The van der Waals surface area contributed by atoms with Gasteiger partial charge in [-0.3, -0.25) is 9.69 Å². The highest BCUT2D eigenvalue weighted by Crippen LogP contribution is 2.27. The van der Waals surface area contributed by atoms with Crippen molar-refractivity contribution in [1.82, 2.24) is 10.2 Å². The van der Waals surface area contributed by atoms with Gasteiger partial charge in [-0.2, -0.15) is 0 Å². The fourth-order valence-electron chi connectivity index (χ4n) is 2.42. The summed E-state index contributed by atoms with van der Waals surface area (Å²) in [6.07, 6.45) is 4.44. The summed E-state index contributed by atoms with van der Waals surface area (Å²) >= 11 is 0. The first kappa shape index (κ1) is 13.8. The maximum Gasteiger partial charge on any atom is 0.237 e. The van der Waals surface area contributed by atoms with Gasteiger partial charge in [0.25, 0.3) is 0 Å². The average molecular weight is 255 g/mol. The Balaban J connectivity index is 1.67. The zero-order valence-corrected chi connectivity index (χ0v) is 11.2. The van der Waals surface area contributed by atoms with Gasteiger partial charge in [0.15, 0.2) is 0 Å². The van der Waals surface area contributed by atoms with E-state index >= 15 is 0 Å². The van der Waals surface area contributed by atoms with Crippen molar-refractivity contribution in [3.63, 3.8) is 0 Å². The summed E-state index contributed by atoms with van der Waals surface area (Å²) in [6.45, 7) is 5.36. The lowest BCUT2D eigenvalue weighted by atomic mass is 10.1. The highest BCUT2D eigenvalue weighted by Gasteiger charge is 2.33. The van der Waals surface area contributed by atoms with E-state index in [0.29, 0.717) is 6.54 Å². The molecule has 0 spiro atoms. The van der Waals surface area contributed by atoms with Gasteiger partial charge in [0.2, 0.25) is 5.91 Å². The molecule has 0 aromatic heterocycles. The number of morpholine rings is 1. The van der Waals surface area contributed by atoms with Crippen LogP contribution in [0.25, 0.3) is 0 Å². The van der Waals surface area contributed by atoms with E-state index < -0.39 is 0 Å². The Bertz CT molecular complexity index is 281. The number of ether oxygens (including phenoxy) is 1. The molecule has 1 amide bonds. The van der Waals surface area contributed by atoms with Gasteiger partial charge in [0, 0.05) is 25.7 Å². The van der Waals surface area contributed by atoms with E-state index in [1.165, 1.54) is 12.8 Å². The maximum atomic E-state index is 11.7. The second kappa shape index (κ2) is 6.50. The molecule has 2 fully saturated rings. The molecule has 2 rings (SSSR count). The first-order valence-electron chi connectivity index (χ1n) is 7.09. The van der Waals surface area contributed by atoms with Crippen molar-refractivity contribution in [3.05, 3.63) is 0 Å². The number of amides is 1. The van der Waals surface area contributed by atoms with E-state index in [2.05, 4.69) is 10.2 Å². The van der Waals surface area contributed by atoms with Gasteiger partial charge < -0.3 is 15.8 Å². The molecule has 1 heterocycles.